The number of terminal acetylenes is 1. The molecule has 0 saturated carbocycles. The fourth-order valence-corrected chi connectivity index (χ4v) is 1.30. The number of hydrogen-bond acceptors (Lipinski definition) is 1. The third-order valence-corrected chi connectivity index (χ3v) is 2.27. The normalized spacial score (nSPS) is 12.2. The van der Waals surface area contributed by atoms with Crippen LogP contribution >= 0.6 is 15.9 Å². The van der Waals surface area contributed by atoms with Gasteiger partial charge in [-0.1, -0.05) is 18.1 Å². The maximum absolute atomic E-state index is 12.8. The van der Waals surface area contributed by atoms with E-state index in [2.05, 4.69) is 21.9 Å². The molecule has 1 unspecified atom stereocenters. The molecule has 1 atom stereocenters. The van der Waals surface area contributed by atoms with Gasteiger partial charge >= 0.3 is 0 Å². The lowest BCUT2D eigenvalue weighted by Crippen LogP contribution is -1.95. The molecule has 12 heavy (non-hydrogen) atoms. The minimum absolute atomic E-state index is 0.218. The van der Waals surface area contributed by atoms with Crippen LogP contribution in [0.25, 0.3) is 0 Å². The Hall–Kier alpha value is -0.850. The largest absolute Gasteiger partial charge is 0.376 e. The highest BCUT2D eigenvalue weighted by Crippen LogP contribution is 2.25. The zero-order valence-corrected chi connectivity index (χ0v) is 7.68. The zero-order valence-electron chi connectivity index (χ0n) is 6.09. The number of hydrogen-bond donors (Lipinski definition) is 1. The van der Waals surface area contributed by atoms with Gasteiger partial charge < -0.3 is 5.11 Å². The Balaban J connectivity index is 3.18. The van der Waals surface area contributed by atoms with Crippen molar-refractivity contribution in [1.82, 2.24) is 0 Å². The fourth-order valence-electron chi connectivity index (χ4n) is 0.821. The minimum atomic E-state index is -1.06. The number of rotatable bonds is 1. The van der Waals surface area contributed by atoms with E-state index in [4.69, 9.17) is 6.42 Å². The van der Waals surface area contributed by atoms with E-state index in [1.807, 2.05) is 0 Å². The molecule has 0 fully saturated rings. The van der Waals surface area contributed by atoms with Crippen LogP contribution in [0.5, 0.6) is 0 Å². The van der Waals surface area contributed by atoms with Crippen LogP contribution in [0.1, 0.15) is 11.7 Å². The second-order valence-corrected chi connectivity index (χ2v) is 3.01. The molecule has 1 N–H and O–H groups in total. The SMILES string of the molecule is C#CC(O)c1cccc(F)c1Br. The maximum atomic E-state index is 12.8. The molecule has 1 aromatic rings. The fraction of sp³-hybridized carbons (Fsp3) is 0.111. The molecule has 0 saturated heterocycles. The zero-order chi connectivity index (χ0) is 9.14. The summed E-state index contributed by atoms with van der Waals surface area (Å²) < 4.78 is 13.1. The van der Waals surface area contributed by atoms with E-state index in [1.54, 1.807) is 6.07 Å². The Morgan fingerprint density at radius 3 is 2.83 bits per heavy atom. The minimum Gasteiger partial charge on any atom is -0.376 e. The summed E-state index contributed by atoms with van der Waals surface area (Å²) in [5, 5.41) is 9.20. The third-order valence-electron chi connectivity index (χ3n) is 1.43. The Bertz CT molecular complexity index is 330. The van der Waals surface area contributed by atoms with E-state index in [0.717, 1.165) is 0 Å². The summed E-state index contributed by atoms with van der Waals surface area (Å²) in [6.07, 6.45) is 3.92. The predicted octanol–water partition coefficient (Wildman–Crippen LogP) is 2.25. The van der Waals surface area contributed by atoms with Crippen molar-refractivity contribution in [2.45, 2.75) is 6.10 Å². The van der Waals surface area contributed by atoms with Crippen molar-refractivity contribution in [1.29, 1.82) is 0 Å². The van der Waals surface area contributed by atoms with Crippen LogP contribution in [-0.2, 0) is 0 Å². The molecule has 0 spiro atoms. The Kier molecular flexibility index (Phi) is 2.85. The van der Waals surface area contributed by atoms with E-state index >= 15 is 0 Å². The molecule has 0 radical (unpaired) electrons. The highest BCUT2D eigenvalue weighted by atomic mass is 79.9. The van der Waals surface area contributed by atoms with E-state index < -0.39 is 11.9 Å². The lowest BCUT2D eigenvalue weighted by molar-refractivity contribution is 0.237. The summed E-state index contributed by atoms with van der Waals surface area (Å²) in [5.74, 6) is 1.68. The third kappa shape index (κ3) is 1.66. The van der Waals surface area contributed by atoms with Crippen molar-refractivity contribution in [3.8, 4) is 12.3 Å². The van der Waals surface area contributed by atoms with E-state index in [-0.39, 0.29) is 4.47 Å². The van der Waals surface area contributed by atoms with Crippen LogP contribution in [-0.4, -0.2) is 5.11 Å². The van der Waals surface area contributed by atoms with Gasteiger partial charge in [0.2, 0.25) is 0 Å². The standard InChI is InChI=1S/C9H6BrFO/c1-2-8(12)6-4-3-5-7(11)9(6)10/h1,3-5,8,12H. The Morgan fingerprint density at radius 1 is 1.58 bits per heavy atom. The number of halogens is 2. The summed E-state index contributed by atoms with van der Waals surface area (Å²) >= 11 is 2.99. The van der Waals surface area contributed by atoms with Crippen LogP contribution in [0.2, 0.25) is 0 Å². The molecule has 62 valence electrons. The van der Waals surface area contributed by atoms with Gasteiger partial charge in [-0.15, -0.1) is 6.42 Å². The number of aliphatic hydroxyl groups is 1. The second kappa shape index (κ2) is 3.70. The molecule has 0 amide bonds. The summed E-state index contributed by atoms with van der Waals surface area (Å²) in [6.45, 7) is 0. The topological polar surface area (TPSA) is 20.2 Å². The first kappa shape index (κ1) is 9.24. The van der Waals surface area contributed by atoms with Gasteiger partial charge in [0.05, 0.1) is 4.47 Å². The molecule has 0 aliphatic carbocycles. The molecule has 0 aromatic heterocycles. The van der Waals surface area contributed by atoms with E-state index in [1.165, 1.54) is 12.1 Å². The summed E-state index contributed by atoms with van der Waals surface area (Å²) in [4.78, 5) is 0. The van der Waals surface area contributed by atoms with Crippen molar-refractivity contribution in [2.75, 3.05) is 0 Å². The van der Waals surface area contributed by atoms with Gasteiger partial charge in [-0.2, -0.15) is 0 Å². The molecule has 0 heterocycles. The van der Waals surface area contributed by atoms with Crippen molar-refractivity contribution >= 4 is 15.9 Å². The summed E-state index contributed by atoms with van der Waals surface area (Å²) in [6, 6.07) is 4.35. The molecule has 0 bridgehead atoms. The number of aliphatic hydroxyl groups excluding tert-OH is 1. The average Bonchev–Trinajstić information content (AvgIpc) is 2.08. The molecule has 0 aliphatic heterocycles. The molecule has 1 aromatic carbocycles. The first-order valence-electron chi connectivity index (χ1n) is 3.25. The first-order valence-corrected chi connectivity index (χ1v) is 4.04. The highest BCUT2D eigenvalue weighted by Gasteiger charge is 2.10. The van der Waals surface area contributed by atoms with Gasteiger partial charge in [0.15, 0.2) is 0 Å². The average molecular weight is 229 g/mol. The predicted molar refractivity (Wildman–Crippen MR) is 47.9 cm³/mol. The van der Waals surface area contributed by atoms with Gasteiger partial charge in [0.1, 0.15) is 11.9 Å². The lowest BCUT2D eigenvalue weighted by Gasteiger charge is -2.06. The quantitative estimate of drug-likeness (QED) is 0.732. The number of benzene rings is 1. The van der Waals surface area contributed by atoms with Crippen molar-refractivity contribution < 1.29 is 9.50 Å². The van der Waals surface area contributed by atoms with Crippen molar-refractivity contribution in [2.24, 2.45) is 0 Å². The van der Waals surface area contributed by atoms with Crippen LogP contribution in [0.4, 0.5) is 4.39 Å². The van der Waals surface area contributed by atoms with Gasteiger partial charge in [0.25, 0.3) is 0 Å². The van der Waals surface area contributed by atoms with Gasteiger partial charge in [-0.3, -0.25) is 0 Å². The van der Waals surface area contributed by atoms with Crippen LogP contribution < -0.4 is 0 Å². The molecular formula is C9H6BrFO. The van der Waals surface area contributed by atoms with Crippen LogP contribution in [0.15, 0.2) is 22.7 Å². The van der Waals surface area contributed by atoms with Gasteiger partial charge in [0, 0.05) is 5.56 Å². The molecule has 3 heteroatoms. The maximum Gasteiger partial charge on any atom is 0.141 e. The van der Waals surface area contributed by atoms with Crippen LogP contribution in [0, 0.1) is 18.2 Å². The first-order chi connectivity index (χ1) is 5.66. The molecule has 0 aliphatic rings. The smallest absolute Gasteiger partial charge is 0.141 e. The van der Waals surface area contributed by atoms with E-state index in [9.17, 15) is 9.50 Å². The monoisotopic (exact) mass is 228 g/mol. The molecule has 1 nitrogen and oxygen atoms in total. The second-order valence-electron chi connectivity index (χ2n) is 2.21. The lowest BCUT2D eigenvalue weighted by atomic mass is 10.1. The Labute approximate surface area is 78.4 Å². The highest BCUT2D eigenvalue weighted by molar-refractivity contribution is 9.10. The van der Waals surface area contributed by atoms with Crippen LogP contribution in [0.3, 0.4) is 0 Å². The Morgan fingerprint density at radius 2 is 2.25 bits per heavy atom. The van der Waals surface area contributed by atoms with Crippen molar-refractivity contribution in [3.63, 3.8) is 0 Å². The molecule has 1 rings (SSSR count). The van der Waals surface area contributed by atoms with Gasteiger partial charge in [-0.05, 0) is 22.0 Å². The van der Waals surface area contributed by atoms with E-state index in [0.29, 0.717) is 5.56 Å². The summed E-state index contributed by atoms with van der Waals surface area (Å²) in [5.41, 5.74) is 0.373. The van der Waals surface area contributed by atoms with Gasteiger partial charge in [-0.25, -0.2) is 4.39 Å². The van der Waals surface area contributed by atoms with Crippen molar-refractivity contribution in [3.05, 3.63) is 34.1 Å². The molecular weight excluding hydrogens is 223 g/mol. The summed E-state index contributed by atoms with van der Waals surface area (Å²) in [7, 11) is 0.